The molecule has 5 heteroatoms. The summed E-state index contributed by atoms with van der Waals surface area (Å²) in [6.07, 6.45) is 0. The number of hydrogen-bond donors (Lipinski definition) is 2. The van der Waals surface area contributed by atoms with Crippen molar-refractivity contribution in [3.05, 3.63) is 29.8 Å². The molecule has 1 fully saturated rings. The summed E-state index contributed by atoms with van der Waals surface area (Å²) in [5.41, 5.74) is 4.13. The number of thioether (sulfide) groups is 1. The van der Waals surface area contributed by atoms with E-state index in [4.69, 9.17) is 10.6 Å². The molecule has 2 unspecified atom stereocenters. The molecule has 0 radical (unpaired) electrons. The Morgan fingerprint density at radius 1 is 1.53 bits per heavy atom. The van der Waals surface area contributed by atoms with Gasteiger partial charge in [-0.2, -0.15) is 11.8 Å². The fraction of sp³-hybridized carbons (Fsp3) is 0.571. The van der Waals surface area contributed by atoms with Crippen LogP contribution in [-0.4, -0.2) is 42.6 Å². The fourth-order valence-corrected chi connectivity index (χ4v) is 3.76. The molecule has 1 heterocycles. The number of ether oxygens (including phenoxy) is 1. The van der Waals surface area contributed by atoms with Gasteiger partial charge in [-0.15, -0.1) is 0 Å². The molecule has 2 rings (SSSR count). The largest absolute Gasteiger partial charge is 0.494 e. The van der Waals surface area contributed by atoms with Gasteiger partial charge >= 0.3 is 0 Å². The molecule has 1 saturated heterocycles. The van der Waals surface area contributed by atoms with Gasteiger partial charge in [-0.25, -0.2) is 0 Å². The van der Waals surface area contributed by atoms with Crippen LogP contribution in [0.5, 0.6) is 5.75 Å². The molecule has 1 aromatic carbocycles. The van der Waals surface area contributed by atoms with E-state index in [0.717, 1.165) is 23.6 Å². The first-order chi connectivity index (χ1) is 9.27. The quantitative estimate of drug-likeness (QED) is 0.635. The van der Waals surface area contributed by atoms with Gasteiger partial charge < -0.3 is 4.74 Å². The van der Waals surface area contributed by atoms with Gasteiger partial charge in [-0.05, 0) is 20.0 Å². The topological polar surface area (TPSA) is 50.5 Å². The Hall–Kier alpha value is -0.750. The lowest BCUT2D eigenvalue weighted by Crippen LogP contribution is -2.49. The van der Waals surface area contributed by atoms with Crippen LogP contribution in [0.1, 0.15) is 18.5 Å². The first kappa shape index (κ1) is 14.7. The van der Waals surface area contributed by atoms with Crippen molar-refractivity contribution >= 4 is 11.8 Å². The third-order valence-corrected chi connectivity index (χ3v) is 4.61. The minimum atomic E-state index is 0.0977. The van der Waals surface area contributed by atoms with Gasteiger partial charge in [0.1, 0.15) is 5.75 Å². The second-order valence-electron chi connectivity index (χ2n) is 4.74. The van der Waals surface area contributed by atoms with Crippen molar-refractivity contribution in [2.45, 2.75) is 19.0 Å². The second-order valence-corrected chi connectivity index (χ2v) is 5.89. The van der Waals surface area contributed by atoms with Crippen LogP contribution < -0.4 is 16.0 Å². The third-order valence-electron chi connectivity index (χ3n) is 3.56. The molecule has 0 aromatic heterocycles. The van der Waals surface area contributed by atoms with E-state index in [1.165, 1.54) is 5.75 Å². The Bertz CT molecular complexity index is 402. The average molecular weight is 281 g/mol. The van der Waals surface area contributed by atoms with Crippen molar-refractivity contribution in [1.82, 2.24) is 10.3 Å². The van der Waals surface area contributed by atoms with Gasteiger partial charge in [0.15, 0.2) is 0 Å². The van der Waals surface area contributed by atoms with Crippen LogP contribution in [0.15, 0.2) is 24.3 Å². The molecule has 1 aromatic rings. The number of hydrogen-bond acceptors (Lipinski definition) is 5. The minimum absolute atomic E-state index is 0.0977. The Balaban J connectivity index is 2.25. The number of likely N-dealkylation sites (N-methyl/N-ethyl adjacent to an activating group) is 1. The van der Waals surface area contributed by atoms with Gasteiger partial charge in [-0.1, -0.05) is 18.2 Å². The number of nitrogens with one attached hydrogen (secondary N) is 1. The lowest BCUT2D eigenvalue weighted by molar-refractivity contribution is 0.212. The Labute approximate surface area is 119 Å². The monoisotopic (exact) mass is 281 g/mol. The van der Waals surface area contributed by atoms with E-state index in [2.05, 4.69) is 23.4 Å². The number of para-hydroxylation sites is 1. The molecule has 0 aliphatic carbocycles. The molecule has 0 bridgehead atoms. The maximum Gasteiger partial charge on any atom is 0.124 e. The molecular weight excluding hydrogens is 258 g/mol. The first-order valence-corrected chi connectivity index (χ1v) is 7.89. The van der Waals surface area contributed by atoms with E-state index in [9.17, 15) is 0 Å². The van der Waals surface area contributed by atoms with Crippen LogP contribution in [0.2, 0.25) is 0 Å². The van der Waals surface area contributed by atoms with Crippen molar-refractivity contribution < 1.29 is 4.74 Å². The van der Waals surface area contributed by atoms with Crippen molar-refractivity contribution in [3.63, 3.8) is 0 Å². The number of rotatable bonds is 5. The molecule has 0 spiro atoms. The summed E-state index contributed by atoms with van der Waals surface area (Å²) < 4.78 is 5.72. The molecular formula is C14H23N3OS. The van der Waals surface area contributed by atoms with Gasteiger partial charge in [0.05, 0.1) is 12.6 Å². The maximum absolute atomic E-state index is 5.82. The summed E-state index contributed by atoms with van der Waals surface area (Å²) in [5.74, 6) is 9.03. The first-order valence-electron chi connectivity index (χ1n) is 6.73. The molecule has 4 nitrogen and oxygen atoms in total. The lowest BCUT2D eigenvalue weighted by Gasteiger charge is -2.38. The minimum Gasteiger partial charge on any atom is -0.494 e. The van der Waals surface area contributed by atoms with Crippen LogP contribution in [0, 0.1) is 0 Å². The van der Waals surface area contributed by atoms with Gasteiger partial charge in [0.2, 0.25) is 0 Å². The van der Waals surface area contributed by atoms with Crippen molar-refractivity contribution in [3.8, 4) is 5.75 Å². The highest BCUT2D eigenvalue weighted by atomic mass is 32.2. The normalized spacial score (nSPS) is 22.2. The molecule has 1 aliphatic heterocycles. The smallest absolute Gasteiger partial charge is 0.124 e. The van der Waals surface area contributed by atoms with Crippen molar-refractivity contribution in [1.29, 1.82) is 0 Å². The highest BCUT2D eigenvalue weighted by molar-refractivity contribution is 7.99. The van der Waals surface area contributed by atoms with E-state index >= 15 is 0 Å². The highest BCUT2D eigenvalue weighted by Crippen LogP contribution is 2.31. The Morgan fingerprint density at radius 3 is 3.00 bits per heavy atom. The molecule has 1 aliphatic rings. The summed E-state index contributed by atoms with van der Waals surface area (Å²) >= 11 is 1.99. The molecule has 0 amide bonds. The standard InChI is InChI=1S/C14H23N3OS/c1-3-18-13-7-5-4-6-11(13)14(16-15)12-10-19-9-8-17(12)2/h4-7,12,14,16H,3,8-10,15H2,1-2H3. The van der Waals surface area contributed by atoms with Crippen molar-refractivity contribution in [2.75, 3.05) is 31.7 Å². The lowest BCUT2D eigenvalue weighted by atomic mass is 9.98. The summed E-state index contributed by atoms with van der Waals surface area (Å²) in [6, 6.07) is 8.65. The Kier molecular flexibility index (Phi) is 5.51. The molecule has 3 N–H and O–H groups in total. The van der Waals surface area contributed by atoms with Crippen LogP contribution in [0.25, 0.3) is 0 Å². The zero-order valence-electron chi connectivity index (χ0n) is 11.6. The van der Waals surface area contributed by atoms with E-state index in [0.29, 0.717) is 12.6 Å². The predicted octanol–water partition coefficient (Wildman–Crippen LogP) is 1.64. The van der Waals surface area contributed by atoms with Crippen LogP contribution in [-0.2, 0) is 0 Å². The SMILES string of the molecule is CCOc1ccccc1C(NN)C1CSCCN1C. The molecule has 106 valence electrons. The Morgan fingerprint density at radius 2 is 2.32 bits per heavy atom. The predicted molar refractivity (Wildman–Crippen MR) is 81.4 cm³/mol. The second kappa shape index (κ2) is 7.14. The third kappa shape index (κ3) is 3.42. The number of nitrogens with two attached hydrogens (primary N) is 1. The van der Waals surface area contributed by atoms with Crippen LogP contribution >= 0.6 is 11.8 Å². The van der Waals surface area contributed by atoms with E-state index in [1.807, 2.05) is 36.9 Å². The van der Waals surface area contributed by atoms with Gasteiger partial charge in [0, 0.05) is 29.7 Å². The van der Waals surface area contributed by atoms with E-state index < -0.39 is 0 Å². The number of nitrogens with zero attached hydrogens (tertiary/aromatic N) is 1. The van der Waals surface area contributed by atoms with Crippen LogP contribution in [0.4, 0.5) is 0 Å². The fourth-order valence-electron chi connectivity index (χ4n) is 2.49. The van der Waals surface area contributed by atoms with E-state index in [-0.39, 0.29) is 6.04 Å². The summed E-state index contributed by atoms with van der Waals surface area (Å²) in [7, 11) is 2.16. The van der Waals surface area contributed by atoms with Crippen LogP contribution in [0.3, 0.4) is 0 Å². The zero-order chi connectivity index (χ0) is 13.7. The molecule has 0 saturated carbocycles. The number of benzene rings is 1. The zero-order valence-corrected chi connectivity index (χ0v) is 12.5. The average Bonchev–Trinajstić information content (AvgIpc) is 2.44. The summed E-state index contributed by atoms with van der Waals surface area (Å²) in [4.78, 5) is 2.38. The maximum atomic E-state index is 5.82. The van der Waals surface area contributed by atoms with Crippen molar-refractivity contribution in [2.24, 2.45) is 5.84 Å². The number of hydrazine groups is 1. The van der Waals surface area contributed by atoms with E-state index in [1.54, 1.807) is 0 Å². The van der Waals surface area contributed by atoms with Gasteiger partial charge in [-0.3, -0.25) is 16.2 Å². The molecule has 2 atom stereocenters. The van der Waals surface area contributed by atoms with Gasteiger partial charge in [0.25, 0.3) is 0 Å². The summed E-state index contributed by atoms with van der Waals surface area (Å²) in [6.45, 7) is 3.78. The highest BCUT2D eigenvalue weighted by Gasteiger charge is 2.30. The summed E-state index contributed by atoms with van der Waals surface area (Å²) in [5, 5.41) is 0. The molecule has 19 heavy (non-hydrogen) atoms.